The van der Waals surface area contributed by atoms with Crippen LogP contribution >= 0.6 is 0 Å². The average Bonchev–Trinajstić information content (AvgIpc) is 2.80. The van der Waals surface area contributed by atoms with Crippen molar-refractivity contribution in [2.75, 3.05) is 7.11 Å². The zero-order valence-corrected chi connectivity index (χ0v) is 9.75. The minimum Gasteiger partial charge on any atom is -0.464 e. The van der Waals surface area contributed by atoms with Crippen LogP contribution in [0.5, 0.6) is 0 Å². The first-order valence-electron chi connectivity index (χ1n) is 5.82. The molecule has 4 nitrogen and oxygen atoms in total. The predicted molar refractivity (Wildman–Crippen MR) is 63.8 cm³/mol. The first kappa shape index (κ1) is 10.1. The summed E-state index contributed by atoms with van der Waals surface area (Å²) in [4.78, 5) is 15.5. The Morgan fingerprint density at radius 1 is 1.47 bits per heavy atom. The number of aromatic nitrogens is 2. The van der Waals surface area contributed by atoms with Crippen LogP contribution in [0.2, 0.25) is 0 Å². The summed E-state index contributed by atoms with van der Waals surface area (Å²) in [5.41, 5.74) is 1.30. The number of hydrogen-bond donors (Lipinski definition) is 0. The molecule has 17 heavy (non-hydrogen) atoms. The van der Waals surface area contributed by atoms with Crippen molar-refractivity contribution in [2.45, 2.75) is 13.0 Å². The number of nitrogens with zero attached hydrogens (tertiary/aromatic N) is 2. The summed E-state index contributed by atoms with van der Waals surface area (Å²) >= 11 is 0. The first-order valence-corrected chi connectivity index (χ1v) is 5.32. The Morgan fingerprint density at radius 3 is 2.82 bits per heavy atom. The van der Waals surface area contributed by atoms with Crippen LogP contribution in [0.25, 0.3) is 0 Å². The molecule has 1 heterocycles. The third-order valence-corrected chi connectivity index (χ3v) is 2.68. The maximum atomic E-state index is 11.6. The molecule has 0 bridgehead atoms. The number of benzene rings is 1. The molecule has 0 N–H and O–H groups in total. The third kappa shape index (κ3) is 2.20. The van der Waals surface area contributed by atoms with Crippen molar-refractivity contribution in [3.8, 4) is 0 Å². The minimum atomic E-state index is -0.483. The van der Waals surface area contributed by atoms with E-state index in [9.17, 15) is 4.79 Å². The SMILES string of the molecule is [2H]c1ncc(C(=O)OC)n1C(C)c1ccccc1. The number of ether oxygens (including phenoxy) is 1. The van der Waals surface area contributed by atoms with E-state index in [2.05, 4.69) is 4.98 Å². The topological polar surface area (TPSA) is 44.1 Å². The van der Waals surface area contributed by atoms with Crippen molar-refractivity contribution in [1.82, 2.24) is 9.55 Å². The smallest absolute Gasteiger partial charge is 0.356 e. The summed E-state index contributed by atoms with van der Waals surface area (Å²) < 4.78 is 14.0. The van der Waals surface area contributed by atoms with E-state index >= 15 is 0 Å². The molecule has 88 valence electrons. The molecule has 1 unspecified atom stereocenters. The molecule has 1 aromatic heterocycles. The fraction of sp³-hybridized carbons (Fsp3) is 0.231. The number of carbonyl (C=O) groups excluding carboxylic acids is 1. The number of esters is 1. The highest BCUT2D eigenvalue weighted by molar-refractivity contribution is 5.87. The summed E-state index contributed by atoms with van der Waals surface area (Å²) in [6, 6.07) is 9.52. The number of carbonyl (C=O) groups is 1. The van der Waals surface area contributed by atoms with Crippen LogP contribution in [0, 0.1) is 0 Å². The van der Waals surface area contributed by atoms with E-state index in [1.165, 1.54) is 13.3 Å². The van der Waals surface area contributed by atoms with Crippen LogP contribution in [0.1, 0.15) is 30.4 Å². The Kier molecular flexibility index (Phi) is 2.86. The van der Waals surface area contributed by atoms with Crippen LogP contribution in [0.4, 0.5) is 0 Å². The average molecular weight is 231 g/mol. The standard InChI is InChI=1S/C13H14N2O2/c1-10(11-6-4-3-5-7-11)15-9-14-8-12(15)13(16)17-2/h3-10H,1-2H3/i9D. The molecule has 0 aliphatic rings. The van der Waals surface area contributed by atoms with Crippen LogP contribution in [0.15, 0.2) is 42.8 Å². The van der Waals surface area contributed by atoms with Crippen molar-refractivity contribution in [3.05, 3.63) is 54.1 Å². The maximum Gasteiger partial charge on any atom is 0.356 e. The normalized spacial score (nSPS) is 12.9. The molecule has 1 atom stereocenters. The van der Waals surface area contributed by atoms with E-state index in [0.29, 0.717) is 5.69 Å². The molecule has 2 rings (SSSR count). The van der Waals surface area contributed by atoms with E-state index in [4.69, 9.17) is 6.11 Å². The first-order chi connectivity index (χ1) is 8.65. The van der Waals surface area contributed by atoms with E-state index in [1.54, 1.807) is 4.57 Å². The van der Waals surface area contributed by atoms with Crippen molar-refractivity contribution < 1.29 is 10.9 Å². The number of rotatable bonds is 3. The molecule has 1 aromatic carbocycles. The van der Waals surface area contributed by atoms with Crippen molar-refractivity contribution in [1.29, 1.82) is 0 Å². The van der Waals surface area contributed by atoms with Gasteiger partial charge in [-0.25, -0.2) is 9.78 Å². The fourth-order valence-corrected chi connectivity index (χ4v) is 1.70. The molecule has 0 radical (unpaired) electrons. The van der Waals surface area contributed by atoms with Gasteiger partial charge in [0.1, 0.15) is 7.06 Å². The van der Waals surface area contributed by atoms with Crippen molar-refractivity contribution in [3.63, 3.8) is 0 Å². The Hall–Kier alpha value is -2.10. The maximum absolute atomic E-state index is 11.6. The fourth-order valence-electron chi connectivity index (χ4n) is 1.70. The molecule has 0 saturated heterocycles. The Morgan fingerprint density at radius 2 is 2.18 bits per heavy atom. The highest BCUT2D eigenvalue weighted by Gasteiger charge is 2.16. The van der Waals surface area contributed by atoms with E-state index < -0.39 is 5.97 Å². The van der Waals surface area contributed by atoms with Gasteiger partial charge in [0.25, 0.3) is 0 Å². The second kappa shape index (κ2) is 4.82. The molecule has 0 amide bonds. The van der Waals surface area contributed by atoms with E-state index in [0.717, 1.165) is 5.56 Å². The zero-order chi connectivity index (χ0) is 13.1. The van der Waals surface area contributed by atoms with Gasteiger partial charge in [-0.15, -0.1) is 0 Å². The van der Waals surface area contributed by atoms with Crippen molar-refractivity contribution in [2.24, 2.45) is 0 Å². The molecular formula is C13H14N2O2. The Balaban J connectivity index is 2.45. The van der Waals surface area contributed by atoms with Gasteiger partial charge in [0.15, 0.2) is 0 Å². The van der Waals surface area contributed by atoms with Crippen LogP contribution < -0.4 is 0 Å². The molecule has 0 fully saturated rings. The van der Waals surface area contributed by atoms with Crippen LogP contribution in [-0.2, 0) is 4.74 Å². The summed E-state index contributed by atoms with van der Waals surface area (Å²) in [6.07, 6.45) is 1.42. The number of hydrogen-bond acceptors (Lipinski definition) is 3. The molecule has 0 spiro atoms. The zero-order valence-electron chi connectivity index (χ0n) is 10.8. The lowest BCUT2D eigenvalue weighted by Gasteiger charge is -2.15. The molecule has 0 aliphatic carbocycles. The van der Waals surface area contributed by atoms with E-state index in [-0.39, 0.29) is 12.3 Å². The number of methoxy groups -OCH3 is 1. The molecule has 2 aromatic rings. The summed E-state index contributed by atoms with van der Waals surface area (Å²) in [5.74, 6) is -0.483. The van der Waals surface area contributed by atoms with Gasteiger partial charge in [0, 0.05) is 0 Å². The van der Waals surface area contributed by atoms with Gasteiger partial charge in [0.2, 0.25) is 0 Å². The molecule has 0 saturated carbocycles. The Bertz CT molecular complexity index is 551. The number of imidazole rings is 1. The second-order valence-electron chi connectivity index (χ2n) is 3.69. The summed E-state index contributed by atoms with van der Waals surface area (Å²) in [7, 11) is 1.32. The van der Waals surface area contributed by atoms with Crippen LogP contribution in [-0.4, -0.2) is 22.6 Å². The molecule has 4 heteroatoms. The molecular weight excluding hydrogens is 216 g/mol. The summed E-state index contributed by atoms with van der Waals surface area (Å²) in [5, 5.41) is 0. The largest absolute Gasteiger partial charge is 0.464 e. The predicted octanol–water partition coefficient (Wildman–Crippen LogP) is 2.28. The highest BCUT2D eigenvalue weighted by atomic mass is 16.5. The van der Waals surface area contributed by atoms with Gasteiger partial charge in [-0.05, 0) is 12.5 Å². The second-order valence-corrected chi connectivity index (χ2v) is 3.69. The lowest BCUT2D eigenvalue weighted by Crippen LogP contribution is -2.14. The third-order valence-electron chi connectivity index (χ3n) is 2.68. The lowest BCUT2D eigenvalue weighted by molar-refractivity contribution is 0.0587. The molecule has 0 aliphatic heterocycles. The van der Waals surface area contributed by atoms with Crippen LogP contribution in [0.3, 0.4) is 0 Å². The van der Waals surface area contributed by atoms with Crippen molar-refractivity contribution >= 4 is 5.97 Å². The van der Waals surface area contributed by atoms with Gasteiger partial charge in [-0.3, -0.25) is 0 Å². The van der Waals surface area contributed by atoms with Gasteiger partial charge in [0.05, 0.1) is 25.7 Å². The summed E-state index contributed by atoms with van der Waals surface area (Å²) in [6.45, 7) is 1.92. The van der Waals surface area contributed by atoms with Gasteiger partial charge in [-0.1, -0.05) is 30.3 Å². The van der Waals surface area contributed by atoms with E-state index in [1.807, 2.05) is 37.3 Å². The monoisotopic (exact) mass is 231 g/mol. The highest BCUT2D eigenvalue weighted by Crippen LogP contribution is 2.19. The lowest BCUT2D eigenvalue weighted by atomic mass is 10.1. The minimum absolute atomic E-state index is 0.0479. The Labute approximate surface area is 101 Å². The van der Waals surface area contributed by atoms with Gasteiger partial charge in [-0.2, -0.15) is 0 Å². The quantitative estimate of drug-likeness (QED) is 0.761. The van der Waals surface area contributed by atoms with Gasteiger partial charge >= 0.3 is 5.97 Å². The van der Waals surface area contributed by atoms with Gasteiger partial charge < -0.3 is 9.30 Å².